The third kappa shape index (κ3) is 3.57. The summed E-state index contributed by atoms with van der Waals surface area (Å²) in [6.45, 7) is 7.19. The summed E-state index contributed by atoms with van der Waals surface area (Å²) in [5.74, 6) is -0.505. The molecule has 0 spiro atoms. The molecule has 1 aliphatic rings. The number of carbonyl (C=O) groups is 1. The molecule has 0 radical (unpaired) electrons. The van der Waals surface area contributed by atoms with Gasteiger partial charge in [0.2, 0.25) is 0 Å². The van der Waals surface area contributed by atoms with Crippen LogP contribution >= 0.6 is 0 Å². The first kappa shape index (κ1) is 14.5. The summed E-state index contributed by atoms with van der Waals surface area (Å²) in [4.78, 5) is 15.7. The molecule has 0 unspecified atom stereocenters. The monoisotopic (exact) mass is 276 g/mol. The van der Waals surface area contributed by atoms with Crippen LogP contribution in [0.2, 0.25) is 0 Å². The molecule has 2 N–H and O–H groups in total. The van der Waals surface area contributed by atoms with E-state index in [2.05, 4.69) is 16.9 Å². The highest BCUT2D eigenvalue weighted by Gasteiger charge is 2.19. The number of aromatic carboxylic acids is 1. The second-order valence-corrected chi connectivity index (χ2v) is 5.09. The molecular weight excluding hydrogens is 256 g/mol. The third-order valence-corrected chi connectivity index (χ3v) is 3.17. The Hall–Kier alpha value is -1.88. The molecule has 0 bridgehead atoms. The molecular formula is C15H20N2O3. The summed E-state index contributed by atoms with van der Waals surface area (Å²) < 4.78 is 5.37. The van der Waals surface area contributed by atoms with Crippen molar-refractivity contribution in [3.05, 3.63) is 35.0 Å². The van der Waals surface area contributed by atoms with E-state index in [-0.39, 0.29) is 5.56 Å². The van der Waals surface area contributed by atoms with E-state index in [4.69, 9.17) is 4.74 Å². The molecule has 0 atom stereocenters. The molecule has 1 aromatic heterocycles. The van der Waals surface area contributed by atoms with E-state index in [1.54, 1.807) is 6.07 Å². The van der Waals surface area contributed by atoms with Crippen molar-refractivity contribution in [3.8, 4) is 0 Å². The molecule has 0 aliphatic heterocycles. The lowest BCUT2D eigenvalue weighted by molar-refractivity contribution is 0.0697. The Kier molecular flexibility index (Phi) is 4.74. The van der Waals surface area contributed by atoms with Gasteiger partial charge in [-0.1, -0.05) is 12.2 Å². The van der Waals surface area contributed by atoms with Gasteiger partial charge in [0.15, 0.2) is 0 Å². The highest BCUT2D eigenvalue weighted by Crippen LogP contribution is 2.25. The van der Waals surface area contributed by atoms with Gasteiger partial charge < -0.3 is 15.2 Å². The van der Waals surface area contributed by atoms with E-state index in [1.165, 1.54) is 0 Å². The van der Waals surface area contributed by atoms with Gasteiger partial charge in [-0.05, 0) is 37.8 Å². The number of hydrogen-bond acceptors (Lipinski definition) is 4. The summed E-state index contributed by atoms with van der Waals surface area (Å²) in [6.07, 6.45) is 2.90. The van der Waals surface area contributed by atoms with Crippen molar-refractivity contribution >= 4 is 11.8 Å². The number of nitrogens with zero attached hydrogens (tertiary/aromatic N) is 1. The lowest BCUT2D eigenvalue weighted by Gasteiger charge is -2.11. The molecule has 1 heterocycles. The number of aromatic nitrogens is 1. The number of rotatable bonds is 7. The smallest absolute Gasteiger partial charge is 0.339 e. The number of anilines is 1. The van der Waals surface area contributed by atoms with Gasteiger partial charge in [0.05, 0.1) is 13.2 Å². The summed E-state index contributed by atoms with van der Waals surface area (Å²) in [5, 5.41) is 12.3. The first-order valence-corrected chi connectivity index (χ1v) is 6.80. The Bertz CT molecular complexity index is 526. The van der Waals surface area contributed by atoms with Gasteiger partial charge in [-0.15, -0.1) is 0 Å². The number of pyridine rings is 1. The van der Waals surface area contributed by atoms with E-state index in [1.807, 2.05) is 6.92 Å². The number of hydrogen-bond donors (Lipinski definition) is 2. The molecule has 0 amide bonds. The van der Waals surface area contributed by atoms with Gasteiger partial charge in [0.1, 0.15) is 11.4 Å². The minimum atomic E-state index is -0.947. The Balaban J connectivity index is 1.99. The molecule has 108 valence electrons. The summed E-state index contributed by atoms with van der Waals surface area (Å²) in [6, 6.07) is 1.74. The highest BCUT2D eigenvalue weighted by molar-refractivity contribution is 5.93. The zero-order valence-corrected chi connectivity index (χ0v) is 11.7. The molecule has 5 nitrogen and oxygen atoms in total. The zero-order chi connectivity index (χ0) is 14.5. The lowest BCUT2D eigenvalue weighted by Crippen LogP contribution is -2.15. The van der Waals surface area contributed by atoms with Gasteiger partial charge in [0.25, 0.3) is 0 Å². The molecule has 5 heteroatoms. The normalized spacial score (nSPS) is 13.1. The van der Waals surface area contributed by atoms with Crippen LogP contribution in [0.25, 0.3) is 0 Å². The first-order valence-electron chi connectivity index (χ1n) is 6.80. The van der Waals surface area contributed by atoms with Crippen molar-refractivity contribution < 1.29 is 14.6 Å². The zero-order valence-electron chi connectivity index (χ0n) is 11.7. The van der Waals surface area contributed by atoms with E-state index in [9.17, 15) is 9.90 Å². The second-order valence-electron chi connectivity index (χ2n) is 5.09. The standard InChI is InChI=1S/C15H20N2O3/c1-10(2)9-20-7-6-16-14-12(15(18)19)8-11-4-3-5-13(11)17-14/h8H,1,3-7,9H2,2H3,(H,16,17)(H,18,19). The largest absolute Gasteiger partial charge is 0.478 e. The van der Waals surface area contributed by atoms with Crippen LogP contribution in [0, 0.1) is 0 Å². The van der Waals surface area contributed by atoms with Gasteiger partial charge in [-0.25, -0.2) is 9.78 Å². The summed E-state index contributed by atoms with van der Waals surface area (Å²) in [7, 11) is 0. The third-order valence-electron chi connectivity index (χ3n) is 3.17. The number of aryl methyl sites for hydroxylation is 2. The molecule has 1 aromatic rings. The van der Waals surface area contributed by atoms with E-state index >= 15 is 0 Å². The first-order chi connectivity index (χ1) is 9.58. The lowest BCUT2D eigenvalue weighted by atomic mass is 10.1. The van der Waals surface area contributed by atoms with Crippen LogP contribution in [-0.2, 0) is 17.6 Å². The maximum atomic E-state index is 11.3. The molecule has 0 saturated carbocycles. The maximum Gasteiger partial charge on any atom is 0.339 e. The second kappa shape index (κ2) is 6.52. The number of carboxylic acids is 1. The molecule has 2 rings (SSSR count). The van der Waals surface area contributed by atoms with Crippen LogP contribution in [0.15, 0.2) is 18.2 Å². The fraction of sp³-hybridized carbons (Fsp3) is 0.467. The summed E-state index contributed by atoms with van der Waals surface area (Å²) >= 11 is 0. The van der Waals surface area contributed by atoms with Crippen LogP contribution in [0.3, 0.4) is 0 Å². The average Bonchev–Trinajstić information content (AvgIpc) is 2.83. The fourth-order valence-corrected chi connectivity index (χ4v) is 2.26. The van der Waals surface area contributed by atoms with Crippen molar-refractivity contribution in [3.63, 3.8) is 0 Å². The van der Waals surface area contributed by atoms with Crippen LogP contribution in [0.5, 0.6) is 0 Å². The Morgan fingerprint density at radius 2 is 2.35 bits per heavy atom. The van der Waals surface area contributed by atoms with Crippen molar-refractivity contribution in [2.75, 3.05) is 25.1 Å². The van der Waals surface area contributed by atoms with Crippen molar-refractivity contribution in [2.45, 2.75) is 26.2 Å². The van der Waals surface area contributed by atoms with Crippen LogP contribution in [0.4, 0.5) is 5.82 Å². The minimum Gasteiger partial charge on any atom is -0.478 e. The highest BCUT2D eigenvalue weighted by atomic mass is 16.5. The van der Waals surface area contributed by atoms with Crippen LogP contribution in [0.1, 0.15) is 35.0 Å². The van der Waals surface area contributed by atoms with Crippen molar-refractivity contribution in [2.24, 2.45) is 0 Å². The topological polar surface area (TPSA) is 71.5 Å². The fourth-order valence-electron chi connectivity index (χ4n) is 2.26. The van der Waals surface area contributed by atoms with Crippen LogP contribution < -0.4 is 5.32 Å². The predicted molar refractivity (Wildman–Crippen MR) is 77.3 cm³/mol. The van der Waals surface area contributed by atoms with Gasteiger partial charge in [-0.2, -0.15) is 0 Å². The Labute approximate surface area is 118 Å². The van der Waals surface area contributed by atoms with E-state index in [0.29, 0.717) is 25.6 Å². The average molecular weight is 276 g/mol. The number of ether oxygens (including phenoxy) is 1. The maximum absolute atomic E-state index is 11.3. The molecule has 0 saturated heterocycles. The van der Waals surface area contributed by atoms with E-state index in [0.717, 1.165) is 36.1 Å². The number of fused-ring (bicyclic) bond motifs is 1. The molecule has 1 aliphatic carbocycles. The molecule has 20 heavy (non-hydrogen) atoms. The Morgan fingerprint density at radius 3 is 3.05 bits per heavy atom. The predicted octanol–water partition coefficient (Wildman–Crippen LogP) is 2.27. The number of carboxylic acid groups (broad SMARTS) is 1. The number of nitrogens with one attached hydrogen (secondary N) is 1. The van der Waals surface area contributed by atoms with Gasteiger partial charge in [-0.3, -0.25) is 0 Å². The Morgan fingerprint density at radius 1 is 1.55 bits per heavy atom. The summed E-state index contributed by atoms with van der Waals surface area (Å²) in [5.41, 5.74) is 3.28. The van der Waals surface area contributed by atoms with Gasteiger partial charge >= 0.3 is 5.97 Å². The SMILES string of the molecule is C=C(C)COCCNc1nc2c(cc1C(=O)O)CCC2. The van der Waals surface area contributed by atoms with Gasteiger partial charge in [0, 0.05) is 12.2 Å². The minimum absolute atomic E-state index is 0.241. The van der Waals surface area contributed by atoms with E-state index < -0.39 is 5.97 Å². The quantitative estimate of drug-likeness (QED) is 0.590. The van der Waals surface area contributed by atoms with Crippen molar-refractivity contribution in [1.82, 2.24) is 4.98 Å². The molecule has 0 aromatic carbocycles. The molecule has 0 fully saturated rings. The van der Waals surface area contributed by atoms with Crippen molar-refractivity contribution in [1.29, 1.82) is 0 Å². The van der Waals surface area contributed by atoms with Crippen LogP contribution in [-0.4, -0.2) is 35.8 Å².